The van der Waals surface area contributed by atoms with E-state index in [0.29, 0.717) is 5.69 Å². The number of rotatable bonds is 4. The average molecular weight is 312 g/mol. The van der Waals surface area contributed by atoms with Gasteiger partial charge in [-0.15, -0.1) is 0 Å². The molecule has 1 aliphatic rings. The first-order valence-electron chi connectivity index (χ1n) is 6.76. The predicted molar refractivity (Wildman–Crippen MR) is 80.7 cm³/mol. The molecule has 21 heavy (non-hydrogen) atoms. The molecule has 0 spiro atoms. The fourth-order valence-corrected chi connectivity index (χ4v) is 2.48. The second-order valence-electron chi connectivity index (χ2n) is 5.16. The lowest BCUT2D eigenvalue weighted by molar-refractivity contribution is -0.117. The van der Waals surface area contributed by atoms with Crippen molar-refractivity contribution in [2.24, 2.45) is 5.73 Å². The van der Waals surface area contributed by atoms with Crippen LogP contribution in [0, 0.1) is 0 Å². The molecule has 0 aromatic heterocycles. The van der Waals surface area contributed by atoms with Crippen LogP contribution in [0.2, 0.25) is 5.02 Å². The van der Waals surface area contributed by atoms with Crippen molar-refractivity contribution in [3.05, 3.63) is 28.8 Å². The van der Waals surface area contributed by atoms with Gasteiger partial charge in [-0.05, 0) is 31.0 Å². The Morgan fingerprint density at radius 1 is 1.38 bits per heavy atom. The number of anilines is 1. The van der Waals surface area contributed by atoms with Crippen LogP contribution in [-0.4, -0.2) is 47.6 Å². The van der Waals surface area contributed by atoms with E-state index in [9.17, 15) is 9.59 Å². The highest BCUT2D eigenvalue weighted by atomic mass is 35.5. The van der Waals surface area contributed by atoms with E-state index in [0.717, 1.165) is 25.9 Å². The van der Waals surface area contributed by atoms with Crippen LogP contribution in [0.4, 0.5) is 5.69 Å². The Morgan fingerprint density at radius 2 is 2.05 bits per heavy atom. The van der Waals surface area contributed by atoms with E-state index < -0.39 is 5.97 Å². The van der Waals surface area contributed by atoms with E-state index >= 15 is 0 Å². The van der Waals surface area contributed by atoms with Gasteiger partial charge in [0.1, 0.15) is 0 Å². The van der Waals surface area contributed by atoms with Gasteiger partial charge in [0.05, 0.1) is 17.1 Å². The molecule has 1 aromatic rings. The van der Waals surface area contributed by atoms with Crippen LogP contribution in [0.5, 0.6) is 0 Å². The zero-order chi connectivity index (χ0) is 15.4. The van der Waals surface area contributed by atoms with Gasteiger partial charge < -0.3 is 16.2 Å². The SMILES string of the molecule is NC1CCN(CC(=O)Nc2ccc(Cl)c(C(=O)O)c2)CC1. The molecule has 0 bridgehead atoms. The van der Waals surface area contributed by atoms with Gasteiger partial charge in [-0.1, -0.05) is 11.6 Å². The summed E-state index contributed by atoms with van der Waals surface area (Å²) in [7, 11) is 0. The molecule has 7 heteroatoms. The molecule has 0 aliphatic carbocycles. The second kappa shape index (κ2) is 6.89. The fourth-order valence-electron chi connectivity index (χ4n) is 2.28. The Balaban J connectivity index is 1.93. The number of hydrogen-bond acceptors (Lipinski definition) is 4. The largest absolute Gasteiger partial charge is 0.478 e. The van der Waals surface area contributed by atoms with E-state index in [1.807, 2.05) is 4.90 Å². The fraction of sp³-hybridized carbons (Fsp3) is 0.429. The van der Waals surface area contributed by atoms with E-state index in [4.69, 9.17) is 22.4 Å². The summed E-state index contributed by atoms with van der Waals surface area (Å²) in [5.74, 6) is -1.30. The number of hydrogen-bond donors (Lipinski definition) is 3. The average Bonchev–Trinajstić information content (AvgIpc) is 2.43. The van der Waals surface area contributed by atoms with Crippen LogP contribution < -0.4 is 11.1 Å². The number of nitrogens with one attached hydrogen (secondary N) is 1. The highest BCUT2D eigenvalue weighted by molar-refractivity contribution is 6.33. The van der Waals surface area contributed by atoms with Crippen molar-refractivity contribution < 1.29 is 14.7 Å². The molecule has 0 unspecified atom stereocenters. The number of halogens is 1. The van der Waals surface area contributed by atoms with Crippen LogP contribution in [0.15, 0.2) is 18.2 Å². The molecule has 4 N–H and O–H groups in total. The van der Waals surface area contributed by atoms with Gasteiger partial charge >= 0.3 is 5.97 Å². The summed E-state index contributed by atoms with van der Waals surface area (Å²) in [5, 5.41) is 11.8. The van der Waals surface area contributed by atoms with Gasteiger partial charge in [0.2, 0.25) is 5.91 Å². The molecule has 114 valence electrons. The van der Waals surface area contributed by atoms with Gasteiger partial charge in [0, 0.05) is 24.8 Å². The molecule has 0 saturated carbocycles. The molecule has 1 aromatic carbocycles. The number of benzene rings is 1. The number of carbonyl (C=O) groups excluding carboxylic acids is 1. The Hall–Kier alpha value is -1.63. The molecule has 1 fully saturated rings. The third-order valence-electron chi connectivity index (χ3n) is 3.48. The van der Waals surface area contributed by atoms with Crippen LogP contribution >= 0.6 is 11.6 Å². The molecular weight excluding hydrogens is 294 g/mol. The van der Waals surface area contributed by atoms with Crippen molar-refractivity contribution in [3.63, 3.8) is 0 Å². The molecule has 0 atom stereocenters. The van der Waals surface area contributed by atoms with Crippen molar-refractivity contribution in [2.45, 2.75) is 18.9 Å². The summed E-state index contributed by atoms with van der Waals surface area (Å²) in [6, 6.07) is 4.62. The number of aromatic carboxylic acids is 1. The second-order valence-corrected chi connectivity index (χ2v) is 5.57. The van der Waals surface area contributed by atoms with Gasteiger partial charge in [0.15, 0.2) is 0 Å². The maximum absolute atomic E-state index is 12.0. The molecule has 1 amide bonds. The third-order valence-corrected chi connectivity index (χ3v) is 3.81. The zero-order valence-electron chi connectivity index (χ0n) is 11.5. The van der Waals surface area contributed by atoms with E-state index in [-0.39, 0.29) is 29.1 Å². The molecule has 2 rings (SSSR count). The number of carboxylic acid groups (broad SMARTS) is 1. The Labute approximate surface area is 127 Å². The lowest BCUT2D eigenvalue weighted by Gasteiger charge is -2.29. The maximum atomic E-state index is 12.0. The monoisotopic (exact) mass is 311 g/mol. The predicted octanol–water partition coefficient (Wildman–Crippen LogP) is 1.40. The molecule has 1 aliphatic heterocycles. The van der Waals surface area contributed by atoms with Gasteiger partial charge in [-0.2, -0.15) is 0 Å². The zero-order valence-corrected chi connectivity index (χ0v) is 12.3. The number of nitrogens with zero attached hydrogens (tertiary/aromatic N) is 1. The first-order valence-corrected chi connectivity index (χ1v) is 7.14. The van der Waals surface area contributed by atoms with E-state index in [1.54, 1.807) is 6.07 Å². The van der Waals surface area contributed by atoms with Gasteiger partial charge in [-0.3, -0.25) is 9.69 Å². The highest BCUT2D eigenvalue weighted by Gasteiger charge is 2.18. The minimum Gasteiger partial charge on any atom is -0.478 e. The van der Waals surface area contributed by atoms with Gasteiger partial charge in [-0.25, -0.2) is 4.79 Å². The number of amides is 1. The Morgan fingerprint density at radius 3 is 2.67 bits per heavy atom. The molecule has 1 heterocycles. The third kappa shape index (κ3) is 4.42. The number of carboxylic acids is 1. The van der Waals surface area contributed by atoms with Crippen LogP contribution in [-0.2, 0) is 4.79 Å². The first-order chi connectivity index (χ1) is 9.95. The van der Waals surface area contributed by atoms with Crippen LogP contribution in [0.1, 0.15) is 23.2 Å². The first kappa shape index (κ1) is 15.8. The number of likely N-dealkylation sites (tertiary alicyclic amines) is 1. The van der Waals surface area contributed by atoms with E-state index in [2.05, 4.69) is 5.32 Å². The Kier molecular flexibility index (Phi) is 5.17. The number of piperidine rings is 1. The summed E-state index contributed by atoms with van der Waals surface area (Å²) in [4.78, 5) is 25.0. The highest BCUT2D eigenvalue weighted by Crippen LogP contribution is 2.20. The van der Waals surface area contributed by atoms with Crippen molar-refractivity contribution >= 4 is 29.2 Å². The van der Waals surface area contributed by atoms with Crippen molar-refractivity contribution in [3.8, 4) is 0 Å². The number of carbonyl (C=O) groups is 2. The standard InChI is InChI=1S/C14H18ClN3O3/c15-12-2-1-10(7-11(12)14(20)21)17-13(19)8-18-5-3-9(16)4-6-18/h1-2,7,9H,3-6,8,16H2,(H,17,19)(H,20,21). The summed E-state index contributed by atoms with van der Waals surface area (Å²) >= 11 is 5.78. The minimum atomic E-state index is -1.12. The summed E-state index contributed by atoms with van der Waals surface area (Å²) in [5.41, 5.74) is 6.21. The topological polar surface area (TPSA) is 95.7 Å². The lowest BCUT2D eigenvalue weighted by atomic mass is 10.1. The minimum absolute atomic E-state index is 0.0292. The molecule has 0 radical (unpaired) electrons. The normalized spacial score (nSPS) is 16.7. The summed E-state index contributed by atoms with van der Waals surface area (Å²) in [6.45, 7) is 1.88. The lowest BCUT2D eigenvalue weighted by Crippen LogP contribution is -2.43. The molecule has 6 nitrogen and oxygen atoms in total. The molecule has 1 saturated heterocycles. The van der Waals surface area contributed by atoms with Gasteiger partial charge in [0.25, 0.3) is 0 Å². The van der Waals surface area contributed by atoms with Crippen LogP contribution in [0.25, 0.3) is 0 Å². The van der Waals surface area contributed by atoms with Crippen molar-refractivity contribution in [2.75, 3.05) is 25.0 Å². The van der Waals surface area contributed by atoms with Crippen LogP contribution in [0.3, 0.4) is 0 Å². The summed E-state index contributed by atoms with van der Waals surface area (Å²) < 4.78 is 0. The quantitative estimate of drug-likeness (QED) is 0.781. The summed E-state index contributed by atoms with van der Waals surface area (Å²) in [6.07, 6.45) is 1.77. The van der Waals surface area contributed by atoms with Crippen molar-refractivity contribution in [1.82, 2.24) is 4.90 Å². The van der Waals surface area contributed by atoms with E-state index in [1.165, 1.54) is 12.1 Å². The smallest absolute Gasteiger partial charge is 0.337 e. The maximum Gasteiger partial charge on any atom is 0.337 e. The molecular formula is C14H18ClN3O3. The Bertz CT molecular complexity index is 542. The van der Waals surface area contributed by atoms with Crippen molar-refractivity contribution in [1.29, 1.82) is 0 Å². The number of nitrogens with two attached hydrogens (primary N) is 1.